The molecule has 0 atom stereocenters. The third-order valence-electron chi connectivity index (χ3n) is 1.72. The first-order chi connectivity index (χ1) is 6.04. The summed E-state index contributed by atoms with van der Waals surface area (Å²) >= 11 is 0. The van der Waals surface area contributed by atoms with Crippen LogP contribution in [0.4, 0.5) is 17.7 Å². The minimum absolute atomic E-state index is 0.498. The van der Waals surface area contributed by atoms with Crippen molar-refractivity contribution < 1.29 is 22.8 Å². The molecule has 0 saturated carbocycles. The Hall–Kier alpha value is -0.875. The first-order valence-electron chi connectivity index (χ1n) is 4.25. The molecule has 0 aliphatic carbocycles. The lowest BCUT2D eigenvalue weighted by Crippen LogP contribution is -2.46. The number of nitrogens with zero attached hydrogens (tertiary/aromatic N) is 1. The molecule has 0 bridgehead atoms. The van der Waals surface area contributed by atoms with Crippen LogP contribution in [-0.4, -0.2) is 35.2 Å². The third-order valence-corrected chi connectivity index (χ3v) is 1.72. The second-order valence-corrected chi connectivity index (χ2v) is 4.10. The number of carbonyl (C=O) groups is 1. The second-order valence-electron chi connectivity index (χ2n) is 4.10. The highest BCUT2D eigenvalue weighted by Crippen LogP contribution is 2.19. The van der Waals surface area contributed by atoms with E-state index < -0.39 is 31.5 Å². The number of carboxylic acid groups (broad SMARTS) is 1. The summed E-state index contributed by atoms with van der Waals surface area (Å²) in [5, 5.41) is 8.67. The van der Waals surface area contributed by atoms with Crippen molar-refractivity contribution >= 4 is 13.1 Å². The van der Waals surface area contributed by atoms with Gasteiger partial charge in [-0.05, 0) is 20.8 Å². The molecule has 0 heterocycles. The maximum Gasteiger partial charge on any atom is 0.480 e. The van der Waals surface area contributed by atoms with Gasteiger partial charge in [0.2, 0.25) is 0 Å². The molecular weight excluding hydrogens is 198 g/mol. The van der Waals surface area contributed by atoms with Gasteiger partial charge in [0.15, 0.2) is 0 Å². The topological polar surface area (TPSA) is 40.5 Å². The molecule has 0 rings (SSSR count). The van der Waals surface area contributed by atoms with Gasteiger partial charge in [0.05, 0.1) is 0 Å². The van der Waals surface area contributed by atoms with Gasteiger partial charge in [-0.2, -0.15) is 0 Å². The van der Waals surface area contributed by atoms with Gasteiger partial charge in [0, 0.05) is 12.1 Å². The normalized spacial score (nSPS) is 12.7. The fourth-order valence-corrected chi connectivity index (χ4v) is 0.993. The molecule has 7 heteroatoms. The summed E-state index contributed by atoms with van der Waals surface area (Å²) in [6.45, 7) is -0.736. The van der Waals surface area contributed by atoms with E-state index in [-0.39, 0.29) is 0 Å². The Morgan fingerprint density at radius 1 is 1.36 bits per heavy atom. The molecule has 0 spiro atoms. The minimum atomic E-state index is -4.92. The molecule has 84 valence electrons. The van der Waals surface area contributed by atoms with E-state index in [1.807, 2.05) is 0 Å². The van der Waals surface area contributed by atoms with Gasteiger partial charge in [-0.15, -0.1) is 0 Å². The third kappa shape index (κ3) is 4.99. The van der Waals surface area contributed by atoms with Crippen LogP contribution in [0.1, 0.15) is 20.8 Å². The standard InChI is InChI=1S/C7H14BF3NO2/c1-7(2,3)12(6(13)14)5-4-8(9,10)11/h4-5H2,1-3H3,(H,13,14)/q-1. The largest absolute Gasteiger partial charge is 0.480 e. The summed E-state index contributed by atoms with van der Waals surface area (Å²) in [6.07, 6.45) is -2.37. The molecule has 0 aliphatic heterocycles. The molecular formula is C7H14BF3NO2-. The highest BCUT2D eigenvalue weighted by molar-refractivity contribution is 6.58. The summed E-state index contributed by atoms with van der Waals surface area (Å²) < 4.78 is 35.7. The van der Waals surface area contributed by atoms with E-state index in [0.717, 1.165) is 4.90 Å². The van der Waals surface area contributed by atoms with Gasteiger partial charge in [0.25, 0.3) is 0 Å². The van der Waals surface area contributed by atoms with E-state index in [0.29, 0.717) is 0 Å². The average molecular weight is 212 g/mol. The van der Waals surface area contributed by atoms with Gasteiger partial charge in [-0.1, -0.05) is 6.32 Å². The minimum Gasteiger partial charge on any atom is -0.465 e. The van der Waals surface area contributed by atoms with Crippen molar-refractivity contribution in [1.29, 1.82) is 0 Å². The zero-order chi connectivity index (χ0) is 11.6. The Kier molecular flexibility index (Phi) is 3.85. The molecule has 3 nitrogen and oxygen atoms in total. The zero-order valence-electron chi connectivity index (χ0n) is 8.43. The second kappa shape index (κ2) is 4.10. The van der Waals surface area contributed by atoms with Crippen LogP contribution in [0.25, 0.3) is 0 Å². The van der Waals surface area contributed by atoms with Crippen molar-refractivity contribution in [2.45, 2.75) is 32.6 Å². The van der Waals surface area contributed by atoms with Crippen LogP contribution in [0.15, 0.2) is 0 Å². The quantitative estimate of drug-likeness (QED) is 0.730. The van der Waals surface area contributed by atoms with Crippen LogP contribution in [0.3, 0.4) is 0 Å². The van der Waals surface area contributed by atoms with E-state index in [2.05, 4.69) is 0 Å². The van der Waals surface area contributed by atoms with Crippen LogP contribution >= 0.6 is 0 Å². The summed E-state index contributed by atoms with van der Waals surface area (Å²) in [4.78, 5) is 11.4. The van der Waals surface area contributed by atoms with Gasteiger partial charge < -0.3 is 23.0 Å². The first-order valence-corrected chi connectivity index (χ1v) is 4.25. The Labute approximate surface area is 80.9 Å². The van der Waals surface area contributed by atoms with Crippen LogP contribution < -0.4 is 0 Å². The maximum absolute atomic E-state index is 11.9. The molecule has 0 unspecified atom stereocenters. The lowest BCUT2D eigenvalue weighted by atomic mass is 9.85. The highest BCUT2D eigenvalue weighted by atomic mass is 19.4. The number of amides is 1. The molecule has 0 aromatic rings. The van der Waals surface area contributed by atoms with E-state index in [4.69, 9.17) is 5.11 Å². The molecule has 0 radical (unpaired) electrons. The molecule has 0 aromatic carbocycles. The van der Waals surface area contributed by atoms with E-state index in [1.165, 1.54) is 0 Å². The number of rotatable bonds is 3. The van der Waals surface area contributed by atoms with E-state index in [1.54, 1.807) is 20.8 Å². The first kappa shape index (κ1) is 13.1. The van der Waals surface area contributed by atoms with Crippen molar-refractivity contribution in [2.24, 2.45) is 0 Å². The predicted molar refractivity (Wildman–Crippen MR) is 48.4 cm³/mol. The zero-order valence-corrected chi connectivity index (χ0v) is 8.43. The smallest absolute Gasteiger partial charge is 0.465 e. The van der Waals surface area contributed by atoms with Crippen molar-refractivity contribution in [1.82, 2.24) is 4.90 Å². The average Bonchev–Trinajstić information content (AvgIpc) is 1.79. The Balaban J connectivity index is 4.35. The fraction of sp³-hybridized carbons (Fsp3) is 0.857. The Morgan fingerprint density at radius 2 is 1.79 bits per heavy atom. The molecule has 1 amide bonds. The Morgan fingerprint density at radius 3 is 2.00 bits per heavy atom. The monoisotopic (exact) mass is 212 g/mol. The van der Waals surface area contributed by atoms with E-state index >= 15 is 0 Å². The van der Waals surface area contributed by atoms with Crippen molar-refractivity contribution in [2.75, 3.05) is 6.54 Å². The number of hydrogen-bond donors (Lipinski definition) is 1. The van der Waals surface area contributed by atoms with Gasteiger partial charge in [-0.25, -0.2) is 4.79 Å². The van der Waals surface area contributed by atoms with Gasteiger partial charge in [0.1, 0.15) is 0 Å². The molecule has 0 saturated heterocycles. The van der Waals surface area contributed by atoms with Crippen LogP contribution in [0.5, 0.6) is 0 Å². The maximum atomic E-state index is 11.9. The lowest BCUT2D eigenvalue weighted by Gasteiger charge is -2.34. The SMILES string of the molecule is CC(C)(C)N(CC[B-](F)(F)F)C(=O)O. The summed E-state index contributed by atoms with van der Waals surface area (Å²) in [7, 11) is 0. The number of halogens is 3. The predicted octanol–water partition coefficient (Wildman–Crippen LogP) is 2.61. The number of hydrogen-bond acceptors (Lipinski definition) is 1. The summed E-state index contributed by atoms with van der Waals surface area (Å²) in [6, 6.07) is 0. The fourth-order valence-electron chi connectivity index (χ4n) is 0.993. The van der Waals surface area contributed by atoms with Gasteiger partial charge in [-0.3, -0.25) is 0 Å². The highest BCUT2D eigenvalue weighted by Gasteiger charge is 2.30. The molecule has 14 heavy (non-hydrogen) atoms. The van der Waals surface area contributed by atoms with Crippen LogP contribution in [0, 0.1) is 0 Å². The van der Waals surface area contributed by atoms with Crippen molar-refractivity contribution in [3.05, 3.63) is 0 Å². The Bertz CT molecular complexity index is 212. The molecule has 0 aromatic heterocycles. The summed E-state index contributed by atoms with van der Waals surface area (Å²) in [5.74, 6) is 0. The van der Waals surface area contributed by atoms with Crippen LogP contribution in [0.2, 0.25) is 6.32 Å². The van der Waals surface area contributed by atoms with Gasteiger partial charge >= 0.3 is 13.1 Å². The van der Waals surface area contributed by atoms with Crippen molar-refractivity contribution in [3.63, 3.8) is 0 Å². The van der Waals surface area contributed by atoms with Crippen LogP contribution in [-0.2, 0) is 0 Å². The molecule has 1 N–H and O–H groups in total. The van der Waals surface area contributed by atoms with E-state index in [9.17, 15) is 17.7 Å². The summed E-state index contributed by atoms with van der Waals surface area (Å²) in [5.41, 5.74) is -0.798. The molecule has 0 aliphatic rings. The van der Waals surface area contributed by atoms with Crippen molar-refractivity contribution in [3.8, 4) is 0 Å². The molecule has 0 fully saturated rings. The lowest BCUT2D eigenvalue weighted by molar-refractivity contribution is 0.103.